The van der Waals surface area contributed by atoms with Crippen molar-refractivity contribution < 1.29 is 4.79 Å². The molecule has 1 N–H and O–H groups in total. The molecule has 7 heteroatoms. The molecule has 150 valence electrons. The van der Waals surface area contributed by atoms with Crippen LogP contribution in [-0.4, -0.2) is 39.5 Å². The Bertz CT molecular complexity index is 949. The summed E-state index contributed by atoms with van der Waals surface area (Å²) in [5.74, 6) is 1.14. The largest absolute Gasteiger partial charge is 0.372 e. The summed E-state index contributed by atoms with van der Waals surface area (Å²) >= 11 is 1.40. The quantitative estimate of drug-likeness (QED) is 0.605. The third-order valence-corrected chi connectivity index (χ3v) is 6.11. The van der Waals surface area contributed by atoms with Gasteiger partial charge in [-0.1, -0.05) is 42.1 Å². The maximum atomic E-state index is 12.3. The van der Waals surface area contributed by atoms with E-state index in [2.05, 4.69) is 44.7 Å². The van der Waals surface area contributed by atoms with Crippen LogP contribution in [-0.2, 0) is 18.3 Å². The predicted molar refractivity (Wildman–Crippen MR) is 117 cm³/mol. The second-order valence-corrected chi connectivity index (χ2v) is 8.14. The van der Waals surface area contributed by atoms with E-state index in [4.69, 9.17) is 0 Å². The molecule has 0 saturated carbocycles. The van der Waals surface area contributed by atoms with E-state index in [9.17, 15) is 4.79 Å². The van der Waals surface area contributed by atoms with E-state index in [1.165, 1.54) is 35.9 Å². The normalized spacial score (nSPS) is 13.6. The minimum atomic E-state index is -0.0449. The molecule has 0 atom stereocenters. The van der Waals surface area contributed by atoms with Gasteiger partial charge in [-0.05, 0) is 42.7 Å². The maximum Gasteiger partial charge on any atom is 0.234 e. The lowest BCUT2D eigenvalue weighted by molar-refractivity contribution is -0.113. The third-order valence-electron chi connectivity index (χ3n) is 5.08. The Kier molecular flexibility index (Phi) is 6.14. The monoisotopic (exact) mass is 407 g/mol. The summed E-state index contributed by atoms with van der Waals surface area (Å²) in [5.41, 5.74) is 3.23. The molecule has 0 bridgehead atoms. The Labute approximate surface area is 175 Å². The van der Waals surface area contributed by atoms with Crippen molar-refractivity contribution in [3.05, 3.63) is 66.0 Å². The number of carbonyl (C=O) groups is 1. The van der Waals surface area contributed by atoms with Crippen LogP contribution in [0, 0.1) is 0 Å². The molecule has 1 aliphatic rings. The summed E-state index contributed by atoms with van der Waals surface area (Å²) in [6.45, 7) is 2.23. The first-order valence-corrected chi connectivity index (χ1v) is 10.9. The van der Waals surface area contributed by atoms with Crippen LogP contribution in [0.15, 0.2) is 59.8 Å². The Morgan fingerprint density at radius 2 is 1.76 bits per heavy atom. The first-order valence-electron chi connectivity index (χ1n) is 9.89. The highest BCUT2D eigenvalue weighted by Gasteiger charge is 2.14. The molecule has 3 aromatic rings. The Balaban J connectivity index is 1.29. The average molecular weight is 408 g/mol. The van der Waals surface area contributed by atoms with Crippen molar-refractivity contribution >= 4 is 29.0 Å². The Morgan fingerprint density at radius 3 is 2.48 bits per heavy atom. The van der Waals surface area contributed by atoms with Crippen LogP contribution in [0.25, 0.3) is 0 Å². The minimum absolute atomic E-state index is 0.0449. The SMILES string of the molecule is Cn1c(Cc2ccccc2)nnc1SCC(=O)Nc1ccc(N2CCCC2)cc1. The second kappa shape index (κ2) is 9.13. The summed E-state index contributed by atoms with van der Waals surface area (Å²) in [7, 11) is 1.94. The molecule has 0 aliphatic carbocycles. The smallest absolute Gasteiger partial charge is 0.234 e. The molecule has 29 heavy (non-hydrogen) atoms. The van der Waals surface area contributed by atoms with Gasteiger partial charge in [0.1, 0.15) is 5.82 Å². The van der Waals surface area contributed by atoms with Crippen molar-refractivity contribution in [3.63, 3.8) is 0 Å². The number of nitrogens with zero attached hydrogens (tertiary/aromatic N) is 4. The fraction of sp³-hybridized carbons (Fsp3) is 0.318. The minimum Gasteiger partial charge on any atom is -0.372 e. The summed E-state index contributed by atoms with van der Waals surface area (Å²) in [6.07, 6.45) is 3.23. The van der Waals surface area contributed by atoms with E-state index in [1.54, 1.807) is 0 Å². The van der Waals surface area contributed by atoms with Crippen LogP contribution in [0.5, 0.6) is 0 Å². The Morgan fingerprint density at radius 1 is 1.03 bits per heavy atom. The van der Waals surface area contributed by atoms with Crippen LogP contribution < -0.4 is 10.2 Å². The van der Waals surface area contributed by atoms with E-state index in [0.29, 0.717) is 5.75 Å². The molecule has 1 aliphatic heterocycles. The van der Waals surface area contributed by atoms with Crippen molar-refractivity contribution in [2.24, 2.45) is 7.05 Å². The van der Waals surface area contributed by atoms with Gasteiger partial charge in [0, 0.05) is 37.9 Å². The summed E-state index contributed by atoms with van der Waals surface area (Å²) < 4.78 is 1.95. The zero-order valence-electron chi connectivity index (χ0n) is 16.5. The molecule has 1 saturated heterocycles. The number of anilines is 2. The van der Waals surface area contributed by atoms with Crippen molar-refractivity contribution in [1.29, 1.82) is 0 Å². The molecule has 1 amide bonds. The first-order chi connectivity index (χ1) is 14.2. The van der Waals surface area contributed by atoms with E-state index in [0.717, 1.165) is 36.2 Å². The van der Waals surface area contributed by atoms with Gasteiger partial charge in [-0.3, -0.25) is 4.79 Å². The summed E-state index contributed by atoms with van der Waals surface area (Å²) in [6, 6.07) is 18.3. The first kappa shape index (κ1) is 19.5. The number of carbonyl (C=O) groups excluding carboxylic acids is 1. The predicted octanol–water partition coefficient (Wildman–Crippen LogP) is 3.74. The molecule has 6 nitrogen and oxygen atoms in total. The van der Waals surface area contributed by atoms with Gasteiger partial charge in [-0.25, -0.2) is 0 Å². The van der Waals surface area contributed by atoms with E-state index >= 15 is 0 Å². The third kappa shape index (κ3) is 4.98. The topological polar surface area (TPSA) is 63.1 Å². The molecule has 0 radical (unpaired) electrons. The van der Waals surface area contributed by atoms with Gasteiger partial charge in [0.25, 0.3) is 0 Å². The summed E-state index contributed by atoms with van der Waals surface area (Å²) in [5, 5.41) is 12.2. The molecular weight excluding hydrogens is 382 g/mol. The van der Waals surface area contributed by atoms with Crippen LogP contribution in [0.3, 0.4) is 0 Å². The lowest BCUT2D eigenvalue weighted by Gasteiger charge is -2.17. The standard InChI is InChI=1S/C22H25N5OS/c1-26-20(15-17-7-3-2-4-8-17)24-25-22(26)29-16-21(28)23-18-9-11-19(12-10-18)27-13-5-6-14-27/h2-4,7-12H,5-6,13-16H2,1H3,(H,23,28). The highest BCUT2D eigenvalue weighted by molar-refractivity contribution is 7.99. The van der Waals surface area contributed by atoms with Crippen LogP contribution in [0.4, 0.5) is 11.4 Å². The van der Waals surface area contributed by atoms with Crippen molar-refractivity contribution in [2.75, 3.05) is 29.1 Å². The van der Waals surface area contributed by atoms with Gasteiger partial charge >= 0.3 is 0 Å². The van der Waals surface area contributed by atoms with Crippen molar-refractivity contribution in [3.8, 4) is 0 Å². The van der Waals surface area contributed by atoms with Crippen LogP contribution >= 0.6 is 11.8 Å². The highest BCUT2D eigenvalue weighted by atomic mass is 32.2. The molecular formula is C22H25N5OS. The van der Waals surface area contributed by atoms with Gasteiger partial charge in [0.05, 0.1) is 5.75 Å². The Hall–Kier alpha value is -2.80. The number of nitrogens with one attached hydrogen (secondary N) is 1. The second-order valence-electron chi connectivity index (χ2n) is 7.20. The van der Waals surface area contributed by atoms with Gasteiger partial charge < -0.3 is 14.8 Å². The molecule has 1 fully saturated rings. The number of hydrogen-bond donors (Lipinski definition) is 1. The van der Waals surface area contributed by atoms with Gasteiger partial charge in [0.15, 0.2) is 5.16 Å². The lowest BCUT2D eigenvalue weighted by Crippen LogP contribution is -2.18. The number of benzene rings is 2. The van der Waals surface area contributed by atoms with E-state index in [1.807, 2.05) is 41.9 Å². The van der Waals surface area contributed by atoms with E-state index < -0.39 is 0 Å². The number of hydrogen-bond acceptors (Lipinski definition) is 5. The van der Waals surface area contributed by atoms with Gasteiger partial charge in [-0.2, -0.15) is 0 Å². The number of aromatic nitrogens is 3. The zero-order valence-corrected chi connectivity index (χ0v) is 17.4. The molecule has 0 unspecified atom stereocenters. The number of rotatable bonds is 7. The van der Waals surface area contributed by atoms with Gasteiger partial charge in [0.2, 0.25) is 5.91 Å². The fourth-order valence-electron chi connectivity index (χ4n) is 3.46. The molecule has 4 rings (SSSR count). The number of thioether (sulfide) groups is 1. The average Bonchev–Trinajstić information content (AvgIpc) is 3.39. The van der Waals surface area contributed by atoms with Crippen molar-refractivity contribution in [1.82, 2.24) is 14.8 Å². The zero-order chi connectivity index (χ0) is 20.1. The van der Waals surface area contributed by atoms with Crippen LogP contribution in [0.2, 0.25) is 0 Å². The summed E-state index contributed by atoms with van der Waals surface area (Å²) in [4.78, 5) is 14.7. The van der Waals surface area contributed by atoms with Gasteiger partial charge in [-0.15, -0.1) is 10.2 Å². The molecule has 1 aromatic heterocycles. The highest BCUT2D eigenvalue weighted by Crippen LogP contribution is 2.22. The van der Waals surface area contributed by atoms with Crippen LogP contribution in [0.1, 0.15) is 24.2 Å². The number of amides is 1. The lowest BCUT2D eigenvalue weighted by atomic mass is 10.1. The van der Waals surface area contributed by atoms with Crippen molar-refractivity contribution in [2.45, 2.75) is 24.4 Å². The van der Waals surface area contributed by atoms with E-state index in [-0.39, 0.29) is 5.91 Å². The molecule has 0 spiro atoms. The molecule has 2 aromatic carbocycles. The maximum absolute atomic E-state index is 12.3. The molecule has 2 heterocycles. The fourth-order valence-corrected chi connectivity index (χ4v) is 4.19.